The van der Waals surface area contributed by atoms with Crippen molar-refractivity contribution in [2.24, 2.45) is 7.05 Å². The predicted octanol–water partition coefficient (Wildman–Crippen LogP) is 0.711. The van der Waals surface area contributed by atoms with Gasteiger partial charge < -0.3 is 5.32 Å². The summed E-state index contributed by atoms with van der Waals surface area (Å²) in [6, 6.07) is 8.64. The van der Waals surface area contributed by atoms with Crippen LogP contribution >= 0.6 is 11.8 Å². The fraction of sp³-hybridized carbons (Fsp3) is 0.167. The van der Waals surface area contributed by atoms with E-state index < -0.39 is 0 Å². The minimum Gasteiger partial charge on any atom is -0.325 e. The van der Waals surface area contributed by atoms with Gasteiger partial charge in [-0.1, -0.05) is 17.8 Å². The van der Waals surface area contributed by atoms with Crippen LogP contribution in [0.1, 0.15) is 5.56 Å². The lowest BCUT2D eigenvalue weighted by Crippen LogP contribution is -2.16. The van der Waals surface area contributed by atoms with Gasteiger partial charge in [-0.15, -0.1) is 5.10 Å². The molecule has 8 heteroatoms. The van der Waals surface area contributed by atoms with Gasteiger partial charge in [0.25, 0.3) is 0 Å². The van der Waals surface area contributed by atoms with Crippen LogP contribution in [0, 0.1) is 11.3 Å². The third kappa shape index (κ3) is 3.27. The van der Waals surface area contributed by atoms with Gasteiger partial charge in [0.1, 0.15) is 0 Å². The molecule has 1 aromatic heterocycles. The Labute approximate surface area is 118 Å². The Morgan fingerprint density at radius 3 is 3.05 bits per heavy atom. The van der Waals surface area contributed by atoms with Gasteiger partial charge in [0, 0.05) is 12.7 Å². The van der Waals surface area contributed by atoms with Crippen molar-refractivity contribution in [1.29, 1.82) is 5.26 Å². The molecule has 2 rings (SSSR count). The maximum atomic E-state index is 11.8. The molecule has 0 aliphatic carbocycles. The molecular formula is C12H11N5O2S. The van der Waals surface area contributed by atoms with Gasteiger partial charge in [-0.25, -0.2) is 9.89 Å². The third-order valence-electron chi connectivity index (χ3n) is 2.45. The van der Waals surface area contributed by atoms with Crippen LogP contribution in [0.4, 0.5) is 5.69 Å². The van der Waals surface area contributed by atoms with Crippen molar-refractivity contribution < 1.29 is 4.79 Å². The number of aromatic nitrogens is 3. The monoisotopic (exact) mass is 289 g/mol. The largest absolute Gasteiger partial charge is 0.343 e. The van der Waals surface area contributed by atoms with Crippen molar-refractivity contribution in [3.05, 3.63) is 40.3 Å². The zero-order valence-electron chi connectivity index (χ0n) is 10.6. The SMILES string of the molecule is Cn1c(SCC(=O)Nc2cccc(C#N)c2)n[nH]c1=O. The van der Waals surface area contributed by atoms with Crippen molar-refractivity contribution in [2.75, 3.05) is 11.1 Å². The lowest BCUT2D eigenvalue weighted by Gasteiger charge is -2.04. The topological polar surface area (TPSA) is 104 Å². The first-order valence-electron chi connectivity index (χ1n) is 5.64. The second-order valence-corrected chi connectivity index (χ2v) is 4.84. The summed E-state index contributed by atoms with van der Waals surface area (Å²) in [4.78, 5) is 22.9. The fourth-order valence-corrected chi connectivity index (χ4v) is 2.17. The number of amides is 1. The molecule has 0 bridgehead atoms. The summed E-state index contributed by atoms with van der Waals surface area (Å²) < 4.78 is 1.33. The van der Waals surface area contributed by atoms with E-state index in [9.17, 15) is 9.59 Å². The number of hydrogen-bond donors (Lipinski definition) is 2. The highest BCUT2D eigenvalue weighted by molar-refractivity contribution is 7.99. The van der Waals surface area contributed by atoms with E-state index in [0.717, 1.165) is 11.8 Å². The Bertz CT molecular complexity index is 728. The van der Waals surface area contributed by atoms with E-state index in [0.29, 0.717) is 16.4 Å². The van der Waals surface area contributed by atoms with Gasteiger partial charge >= 0.3 is 5.69 Å². The van der Waals surface area contributed by atoms with E-state index in [2.05, 4.69) is 15.5 Å². The molecule has 1 amide bonds. The minimum atomic E-state index is -0.324. The van der Waals surface area contributed by atoms with Crippen LogP contribution in [-0.2, 0) is 11.8 Å². The number of carbonyl (C=O) groups excluding carboxylic acids is 1. The van der Waals surface area contributed by atoms with Crippen LogP contribution in [0.25, 0.3) is 0 Å². The average molecular weight is 289 g/mol. The number of H-pyrrole nitrogens is 1. The van der Waals surface area contributed by atoms with Gasteiger partial charge in [-0.05, 0) is 18.2 Å². The molecule has 0 saturated heterocycles. The Morgan fingerprint density at radius 1 is 1.60 bits per heavy atom. The Balaban J connectivity index is 1.94. The lowest BCUT2D eigenvalue weighted by atomic mass is 10.2. The summed E-state index contributed by atoms with van der Waals surface area (Å²) in [6.45, 7) is 0. The summed E-state index contributed by atoms with van der Waals surface area (Å²) in [6.07, 6.45) is 0. The molecule has 2 aromatic rings. The van der Waals surface area contributed by atoms with Crippen LogP contribution < -0.4 is 11.0 Å². The molecule has 0 saturated carbocycles. The summed E-state index contributed by atoms with van der Waals surface area (Å²) in [5, 5.41) is 18.0. The first-order valence-corrected chi connectivity index (χ1v) is 6.63. The molecule has 102 valence electrons. The zero-order valence-corrected chi connectivity index (χ0v) is 11.4. The quantitative estimate of drug-likeness (QED) is 0.807. The maximum Gasteiger partial charge on any atom is 0.343 e. The van der Waals surface area contributed by atoms with Crippen molar-refractivity contribution in [3.63, 3.8) is 0 Å². The van der Waals surface area contributed by atoms with Crippen LogP contribution in [0.2, 0.25) is 0 Å². The highest BCUT2D eigenvalue weighted by atomic mass is 32.2. The minimum absolute atomic E-state index is 0.120. The second-order valence-electron chi connectivity index (χ2n) is 3.90. The van der Waals surface area contributed by atoms with Crippen molar-refractivity contribution in [2.45, 2.75) is 5.16 Å². The first kappa shape index (κ1) is 13.9. The molecule has 2 N–H and O–H groups in total. The summed E-state index contributed by atoms with van der Waals surface area (Å²) in [7, 11) is 1.57. The predicted molar refractivity (Wildman–Crippen MR) is 74.3 cm³/mol. The lowest BCUT2D eigenvalue weighted by molar-refractivity contribution is -0.113. The molecule has 1 aromatic carbocycles. The molecule has 0 atom stereocenters. The average Bonchev–Trinajstić information content (AvgIpc) is 2.77. The standard InChI is InChI=1S/C12H11N5O2S/c1-17-11(19)15-16-12(17)20-7-10(18)14-9-4-2-3-8(5-9)6-13/h2-5H,7H2,1H3,(H,14,18)(H,15,19). The van der Waals surface area contributed by atoms with E-state index in [4.69, 9.17) is 5.26 Å². The molecule has 20 heavy (non-hydrogen) atoms. The smallest absolute Gasteiger partial charge is 0.325 e. The van der Waals surface area contributed by atoms with Crippen molar-refractivity contribution in [1.82, 2.24) is 14.8 Å². The van der Waals surface area contributed by atoms with Gasteiger partial charge in [0.15, 0.2) is 5.16 Å². The molecule has 0 radical (unpaired) electrons. The number of carbonyl (C=O) groups is 1. The van der Waals surface area contributed by atoms with Crippen LogP contribution in [0.5, 0.6) is 0 Å². The van der Waals surface area contributed by atoms with Gasteiger partial charge in [0.05, 0.1) is 17.4 Å². The second kappa shape index (κ2) is 6.08. The molecule has 0 fully saturated rings. The molecule has 7 nitrogen and oxygen atoms in total. The molecule has 0 aliphatic rings. The molecule has 1 heterocycles. The molecule has 0 unspecified atom stereocenters. The fourth-order valence-electron chi connectivity index (χ4n) is 1.46. The number of thioether (sulfide) groups is 1. The van der Waals surface area contributed by atoms with Gasteiger partial charge in [-0.2, -0.15) is 5.26 Å². The number of nitrogens with one attached hydrogen (secondary N) is 2. The number of hydrogen-bond acceptors (Lipinski definition) is 5. The molecule has 0 spiro atoms. The van der Waals surface area contributed by atoms with Crippen LogP contribution in [0.15, 0.2) is 34.2 Å². The van der Waals surface area contributed by atoms with Crippen molar-refractivity contribution >= 4 is 23.4 Å². The van der Waals surface area contributed by atoms with E-state index >= 15 is 0 Å². The number of anilines is 1. The van der Waals surface area contributed by atoms with E-state index in [-0.39, 0.29) is 17.3 Å². The van der Waals surface area contributed by atoms with Gasteiger partial charge in [0.2, 0.25) is 5.91 Å². The van der Waals surface area contributed by atoms with E-state index in [1.54, 1.807) is 31.3 Å². The number of rotatable bonds is 4. The van der Waals surface area contributed by atoms with Crippen molar-refractivity contribution in [3.8, 4) is 6.07 Å². The number of benzene rings is 1. The third-order valence-corrected chi connectivity index (χ3v) is 3.48. The maximum absolute atomic E-state index is 11.8. The summed E-state index contributed by atoms with van der Waals surface area (Å²) in [5.41, 5.74) is 0.713. The normalized spacial score (nSPS) is 10.0. The summed E-state index contributed by atoms with van der Waals surface area (Å²) >= 11 is 1.15. The number of nitriles is 1. The van der Waals surface area contributed by atoms with E-state index in [1.807, 2.05) is 6.07 Å². The van der Waals surface area contributed by atoms with E-state index in [1.165, 1.54) is 4.57 Å². The highest BCUT2D eigenvalue weighted by Crippen LogP contribution is 2.14. The Kier molecular flexibility index (Phi) is 4.22. The van der Waals surface area contributed by atoms with Crippen LogP contribution in [-0.4, -0.2) is 26.4 Å². The number of nitrogens with zero attached hydrogens (tertiary/aromatic N) is 3. The molecular weight excluding hydrogens is 278 g/mol. The summed E-state index contributed by atoms with van der Waals surface area (Å²) in [5.74, 6) is -0.116. The number of aromatic amines is 1. The zero-order chi connectivity index (χ0) is 14.5. The Morgan fingerprint density at radius 2 is 2.40 bits per heavy atom. The molecule has 0 aliphatic heterocycles. The van der Waals surface area contributed by atoms with Gasteiger partial charge in [-0.3, -0.25) is 9.36 Å². The van der Waals surface area contributed by atoms with Crippen LogP contribution in [0.3, 0.4) is 0 Å². The Hall–Kier alpha value is -2.53. The first-order chi connectivity index (χ1) is 9.60. The highest BCUT2D eigenvalue weighted by Gasteiger charge is 2.09.